The van der Waals surface area contributed by atoms with E-state index in [1.165, 1.54) is 13.0 Å². The summed E-state index contributed by atoms with van der Waals surface area (Å²) in [6, 6.07) is 0. The SMILES string of the molecule is CCCCCC(=O)O[C@@H]1[C@@H](C)C[C@H]2[C@@H]3C[C@H](F)C4=C(F)C(=O)C=C[C@]4(C)[C@@]3(F)[C@@H](O)C[C@]12CCC. The van der Waals surface area contributed by atoms with Gasteiger partial charge in [0.25, 0.3) is 0 Å². The Morgan fingerprint density at radius 3 is 2.57 bits per heavy atom. The molecule has 4 nitrogen and oxygen atoms in total. The number of aliphatic hydroxyl groups is 1. The number of aliphatic hydroxyl groups excluding tert-OH is 1. The number of rotatable bonds is 7. The van der Waals surface area contributed by atoms with Gasteiger partial charge in [0.05, 0.1) is 6.10 Å². The van der Waals surface area contributed by atoms with Gasteiger partial charge in [0.15, 0.2) is 11.5 Å². The predicted molar refractivity (Wildman–Crippen MR) is 126 cm³/mol. The molecule has 0 aliphatic heterocycles. The molecule has 9 atom stereocenters. The average molecular weight is 497 g/mol. The van der Waals surface area contributed by atoms with E-state index >= 15 is 8.78 Å². The molecule has 0 heterocycles. The molecule has 4 aliphatic rings. The largest absolute Gasteiger partial charge is 0.461 e. The second kappa shape index (κ2) is 9.35. The fraction of sp³-hybridized carbons (Fsp3) is 0.786. The zero-order valence-corrected chi connectivity index (χ0v) is 21.3. The monoisotopic (exact) mass is 496 g/mol. The molecule has 0 aromatic carbocycles. The lowest BCUT2D eigenvalue weighted by molar-refractivity contribution is -0.218. The number of hydrogen-bond acceptors (Lipinski definition) is 4. The molecule has 0 unspecified atom stereocenters. The van der Waals surface area contributed by atoms with Crippen molar-refractivity contribution in [3.05, 3.63) is 23.6 Å². The van der Waals surface area contributed by atoms with Gasteiger partial charge in [-0.05, 0) is 56.9 Å². The lowest BCUT2D eigenvalue weighted by atomic mass is 9.44. The maximum absolute atomic E-state index is 17.3. The van der Waals surface area contributed by atoms with Gasteiger partial charge in [-0.1, -0.05) is 46.1 Å². The summed E-state index contributed by atoms with van der Waals surface area (Å²) >= 11 is 0. The van der Waals surface area contributed by atoms with Crippen molar-refractivity contribution in [1.82, 2.24) is 0 Å². The molecule has 0 aromatic rings. The summed E-state index contributed by atoms with van der Waals surface area (Å²) in [5.74, 6) is -3.77. The number of halogens is 3. The Kier molecular flexibility index (Phi) is 7.06. The van der Waals surface area contributed by atoms with Crippen LogP contribution in [0.5, 0.6) is 0 Å². The molecule has 3 fully saturated rings. The van der Waals surface area contributed by atoms with Gasteiger partial charge in [0.2, 0.25) is 5.78 Å². The van der Waals surface area contributed by atoms with Crippen LogP contribution in [0.2, 0.25) is 0 Å². The minimum atomic E-state index is -2.33. The number of alkyl halides is 2. The van der Waals surface area contributed by atoms with Crippen molar-refractivity contribution in [2.45, 2.75) is 110 Å². The lowest BCUT2D eigenvalue weighted by Crippen LogP contribution is -2.69. The zero-order valence-electron chi connectivity index (χ0n) is 21.3. The molecule has 196 valence electrons. The van der Waals surface area contributed by atoms with Crippen LogP contribution in [0.15, 0.2) is 23.6 Å². The summed E-state index contributed by atoms with van der Waals surface area (Å²) < 4.78 is 53.8. The van der Waals surface area contributed by atoms with Crippen molar-refractivity contribution in [2.75, 3.05) is 0 Å². The van der Waals surface area contributed by atoms with Crippen molar-refractivity contribution in [2.24, 2.45) is 28.6 Å². The standard InChI is InChI=1S/C28H39F3O4/c1-5-7-8-9-22(34)35-25-16(3)13-17-18-14-19(29)23-24(30)20(32)10-12-26(23,4)28(18,31)21(33)15-27(17,25)11-6-2/h10,12,16-19,21,25,33H,5-9,11,13-15H2,1-4H3/t16-,17-,18-,19-,21-,25+,26-,27-,28-/m0/s1. The van der Waals surface area contributed by atoms with Crippen LogP contribution >= 0.6 is 0 Å². The Bertz CT molecular complexity index is 931. The van der Waals surface area contributed by atoms with E-state index in [0.717, 1.165) is 31.8 Å². The topological polar surface area (TPSA) is 63.6 Å². The highest BCUT2D eigenvalue weighted by atomic mass is 19.2. The molecule has 0 spiro atoms. The van der Waals surface area contributed by atoms with Gasteiger partial charge in [-0.15, -0.1) is 0 Å². The number of allylic oxidation sites excluding steroid dienone is 4. The number of carbonyl (C=O) groups is 2. The van der Waals surface area contributed by atoms with Crippen LogP contribution < -0.4 is 0 Å². The third-order valence-corrected chi connectivity index (χ3v) is 9.64. The van der Waals surface area contributed by atoms with E-state index in [2.05, 4.69) is 6.92 Å². The summed E-state index contributed by atoms with van der Waals surface area (Å²) in [5.41, 5.74) is -5.24. The van der Waals surface area contributed by atoms with Crippen LogP contribution in [-0.4, -0.2) is 40.9 Å². The van der Waals surface area contributed by atoms with Crippen molar-refractivity contribution < 1.29 is 32.6 Å². The van der Waals surface area contributed by atoms with Crippen LogP contribution in [0.25, 0.3) is 0 Å². The number of ketones is 1. The molecule has 4 aliphatic carbocycles. The first kappa shape index (κ1) is 26.4. The molecule has 0 radical (unpaired) electrons. The van der Waals surface area contributed by atoms with Crippen molar-refractivity contribution >= 4 is 11.8 Å². The Morgan fingerprint density at radius 1 is 1.20 bits per heavy atom. The summed E-state index contributed by atoms with van der Waals surface area (Å²) in [7, 11) is 0. The van der Waals surface area contributed by atoms with E-state index in [4.69, 9.17) is 4.74 Å². The summed E-state index contributed by atoms with van der Waals surface area (Å²) in [6.07, 6.45) is 3.06. The highest BCUT2D eigenvalue weighted by molar-refractivity contribution is 6.04. The Balaban J connectivity index is 1.74. The number of fused-ring (bicyclic) bond motifs is 5. The zero-order chi connectivity index (χ0) is 25.8. The predicted octanol–water partition coefficient (Wildman–Crippen LogP) is 6.12. The molecule has 0 saturated heterocycles. The number of carbonyl (C=O) groups excluding carboxylic acids is 2. The number of unbranched alkanes of at least 4 members (excludes halogenated alkanes) is 2. The maximum Gasteiger partial charge on any atom is 0.306 e. The third kappa shape index (κ3) is 3.74. The first-order valence-electron chi connectivity index (χ1n) is 13.3. The maximum atomic E-state index is 17.3. The van der Waals surface area contributed by atoms with E-state index < -0.39 is 58.0 Å². The summed E-state index contributed by atoms with van der Waals surface area (Å²) in [5, 5.41) is 11.5. The van der Waals surface area contributed by atoms with E-state index in [1.807, 2.05) is 13.8 Å². The first-order valence-corrected chi connectivity index (χ1v) is 13.3. The van der Waals surface area contributed by atoms with Gasteiger partial charge in [-0.25, -0.2) is 13.2 Å². The molecule has 0 aromatic heterocycles. The molecular formula is C28H39F3O4. The lowest BCUT2D eigenvalue weighted by Gasteiger charge is -2.62. The molecule has 7 heteroatoms. The Labute approximate surface area is 206 Å². The van der Waals surface area contributed by atoms with E-state index in [0.29, 0.717) is 19.3 Å². The first-order chi connectivity index (χ1) is 16.5. The number of esters is 1. The van der Waals surface area contributed by atoms with Crippen molar-refractivity contribution in [3.8, 4) is 0 Å². The Morgan fingerprint density at radius 2 is 1.91 bits per heavy atom. The third-order valence-electron chi connectivity index (χ3n) is 9.64. The molecule has 3 saturated carbocycles. The van der Waals surface area contributed by atoms with E-state index in [9.17, 15) is 19.1 Å². The number of ether oxygens (including phenoxy) is 1. The quantitative estimate of drug-likeness (QED) is 0.341. The Hall–Kier alpha value is -1.63. The molecule has 1 N–H and O–H groups in total. The fourth-order valence-electron chi connectivity index (χ4n) is 8.24. The van der Waals surface area contributed by atoms with Crippen molar-refractivity contribution in [3.63, 3.8) is 0 Å². The minimum absolute atomic E-state index is 0.0545. The van der Waals surface area contributed by atoms with Gasteiger partial charge < -0.3 is 9.84 Å². The smallest absolute Gasteiger partial charge is 0.306 e. The fourth-order valence-corrected chi connectivity index (χ4v) is 8.24. The van der Waals surface area contributed by atoms with Crippen LogP contribution in [-0.2, 0) is 14.3 Å². The second-order valence-corrected chi connectivity index (χ2v) is 11.6. The molecule has 0 amide bonds. The van der Waals surface area contributed by atoms with Gasteiger partial charge in [0.1, 0.15) is 12.3 Å². The summed E-state index contributed by atoms with van der Waals surface area (Å²) in [4.78, 5) is 24.7. The van der Waals surface area contributed by atoms with Crippen LogP contribution in [0.1, 0.15) is 85.5 Å². The summed E-state index contributed by atoms with van der Waals surface area (Å²) in [6.45, 7) is 7.45. The molecule has 4 rings (SSSR count). The minimum Gasteiger partial charge on any atom is -0.461 e. The average Bonchev–Trinajstić information content (AvgIpc) is 3.05. The highest BCUT2D eigenvalue weighted by Crippen LogP contribution is 2.70. The van der Waals surface area contributed by atoms with Gasteiger partial charge in [-0.3, -0.25) is 9.59 Å². The molecule has 0 bridgehead atoms. The molecule has 35 heavy (non-hydrogen) atoms. The van der Waals surface area contributed by atoms with E-state index in [-0.39, 0.29) is 30.6 Å². The van der Waals surface area contributed by atoms with Gasteiger partial charge in [0, 0.05) is 28.7 Å². The van der Waals surface area contributed by atoms with Crippen LogP contribution in [0.4, 0.5) is 13.2 Å². The van der Waals surface area contributed by atoms with Crippen LogP contribution in [0, 0.1) is 28.6 Å². The second-order valence-electron chi connectivity index (χ2n) is 11.6. The molecular weight excluding hydrogens is 457 g/mol. The van der Waals surface area contributed by atoms with E-state index in [1.54, 1.807) is 0 Å². The van der Waals surface area contributed by atoms with Gasteiger partial charge in [-0.2, -0.15) is 0 Å². The number of hydrogen-bond donors (Lipinski definition) is 1. The van der Waals surface area contributed by atoms with Gasteiger partial charge >= 0.3 is 5.97 Å². The van der Waals surface area contributed by atoms with Crippen molar-refractivity contribution in [1.29, 1.82) is 0 Å². The highest BCUT2D eigenvalue weighted by Gasteiger charge is 2.74. The van der Waals surface area contributed by atoms with Crippen LogP contribution in [0.3, 0.4) is 0 Å². The normalized spacial score (nSPS) is 44.6.